The van der Waals surface area contributed by atoms with Crippen LogP contribution in [0.2, 0.25) is 0 Å². The minimum atomic E-state index is -4.60. The molecule has 4 nitrogen and oxygen atoms in total. The fourth-order valence-electron chi connectivity index (χ4n) is 2.97. The van der Waals surface area contributed by atoms with Crippen molar-refractivity contribution in [2.45, 2.75) is 19.1 Å². The Hall–Kier alpha value is -2.94. The highest BCUT2D eigenvalue weighted by Crippen LogP contribution is 2.38. The SMILES string of the molecule is CC1=C(C(=O)Nc2ccc(F)cc2)[C@H](c2ccccc2C(F)(F)F)NC(=S)N1. The number of hydrogen-bond acceptors (Lipinski definition) is 2. The molecule has 1 heterocycles. The van der Waals surface area contributed by atoms with E-state index in [1.54, 1.807) is 6.92 Å². The van der Waals surface area contributed by atoms with E-state index in [9.17, 15) is 22.4 Å². The Morgan fingerprint density at radius 1 is 1.11 bits per heavy atom. The summed E-state index contributed by atoms with van der Waals surface area (Å²) in [6, 6.07) is 8.93. The maximum atomic E-state index is 13.5. The second-order valence-corrected chi connectivity index (χ2v) is 6.52. The first-order chi connectivity index (χ1) is 13.2. The van der Waals surface area contributed by atoms with Gasteiger partial charge in [0.15, 0.2) is 5.11 Å². The number of amides is 1. The third-order valence-electron chi connectivity index (χ3n) is 4.19. The van der Waals surface area contributed by atoms with Gasteiger partial charge >= 0.3 is 6.18 Å². The monoisotopic (exact) mass is 409 g/mol. The molecule has 28 heavy (non-hydrogen) atoms. The van der Waals surface area contributed by atoms with Crippen LogP contribution in [0.15, 0.2) is 59.8 Å². The molecule has 0 aromatic heterocycles. The van der Waals surface area contributed by atoms with Gasteiger partial charge in [0.05, 0.1) is 17.2 Å². The molecule has 1 aliphatic rings. The lowest BCUT2D eigenvalue weighted by Crippen LogP contribution is -2.46. The Morgan fingerprint density at radius 3 is 2.39 bits per heavy atom. The molecule has 0 saturated carbocycles. The first-order valence-corrected chi connectivity index (χ1v) is 8.59. The van der Waals surface area contributed by atoms with Gasteiger partial charge in [-0.2, -0.15) is 13.2 Å². The molecule has 0 fully saturated rings. The molecule has 2 aromatic carbocycles. The molecule has 1 aliphatic heterocycles. The molecule has 0 aliphatic carbocycles. The molecule has 1 atom stereocenters. The van der Waals surface area contributed by atoms with Gasteiger partial charge in [-0.15, -0.1) is 0 Å². The number of allylic oxidation sites excluding steroid dienone is 1. The first kappa shape index (κ1) is 19.8. The predicted octanol–water partition coefficient (Wildman–Crippen LogP) is 4.28. The zero-order chi connectivity index (χ0) is 20.5. The molecular weight excluding hydrogens is 394 g/mol. The summed E-state index contributed by atoms with van der Waals surface area (Å²) in [7, 11) is 0. The number of nitrogens with one attached hydrogen (secondary N) is 3. The summed E-state index contributed by atoms with van der Waals surface area (Å²) >= 11 is 5.07. The van der Waals surface area contributed by atoms with Crippen molar-refractivity contribution in [2.75, 3.05) is 5.32 Å². The van der Waals surface area contributed by atoms with Gasteiger partial charge in [-0.05, 0) is 55.0 Å². The summed E-state index contributed by atoms with van der Waals surface area (Å²) in [6.07, 6.45) is -4.60. The van der Waals surface area contributed by atoms with Crippen molar-refractivity contribution in [1.82, 2.24) is 10.6 Å². The second-order valence-electron chi connectivity index (χ2n) is 6.12. The maximum Gasteiger partial charge on any atom is 0.416 e. The Balaban J connectivity index is 2.02. The molecule has 0 spiro atoms. The van der Waals surface area contributed by atoms with E-state index in [0.717, 1.165) is 6.07 Å². The molecule has 0 saturated heterocycles. The maximum absolute atomic E-state index is 13.5. The highest BCUT2D eigenvalue weighted by atomic mass is 32.1. The summed E-state index contributed by atoms with van der Waals surface area (Å²) in [5.74, 6) is -1.11. The molecule has 1 amide bonds. The molecule has 9 heteroatoms. The summed E-state index contributed by atoms with van der Waals surface area (Å²) in [4.78, 5) is 12.8. The van der Waals surface area contributed by atoms with Gasteiger partial charge in [-0.1, -0.05) is 18.2 Å². The van der Waals surface area contributed by atoms with Crippen LogP contribution in [0.5, 0.6) is 0 Å². The van der Waals surface area contributed by atoms with E-state index in [4.69, 9.17) is 12.2 Å². The third kappa shape index (κ3) is 4.14. The van der Waals surface area contributed by atoms with Crippen molar-refractivity contribution in [3.8, 4) is 0 Å². The molecule has 2 aromatic rings. The zero-order valence-corrected chi connectivity index (χ0v) is 15.3. The van der Waals surface area contributed by atoms with Crippen LogP contribution in [0.4, 0.5) is 23.2 Å². The van der Waals surface area contributed by atoms with Crippen LogP contribution in [0.1, 0.15) is 24.1 Å². The van der Waals surface area contributed by atoms with Crippen molar-refractivity contribution in [2.24, 2.45) is 0 Å². The van der Waals surface area contributed by atoms with E-state index in [1.165, 1.54) is 42.5 Å². The van der Waals surface area contributed by atoms with Crippen molar-refractivity contribution in [1.29, 1.82) is 0 Å². The first-order valence-electron chi connectivity index (χ1n) is 8.18. The fourth-order valence-corrected chi connectivity index (χ4v) is 3.24. The minimum Gasteiger partial charge on any atom is -0.351 e. The number of anilines is 1. The minimum absolute atomic E-state index is 0.0506. The van der Waals surface area contributed by atoms with E-state index in [2.05, 4.69) is 16.0 Å². The molecule has 0 radical (unpaired) electrons. The average Bonchev–Trinajstić information content (AvgIpc) is 2.62. The van der Waals surface area contributed by atoms with Gasteiger partial charge in [0.2, 0.25) is 0 Å². The Kier molecular flexibility index (Phi) is 5.37. The van der Waals surface area contributed by atoms with Gasteiger partial charge in [0.25, 0.3) is 5.91 Å². The Bertz CT molecular complexity index is 954. The normalized spacial score (nSPS) is 17.0. The van der Waals surface area contributed by atoms with Crippen molar-refractivity contribution >= 4 is 28.9 Å². The lowest BCUT2D eigenvalue weighted by molar-refractivity contribution is -0.138. The second kappa shape index (κ2) is 7.59. The van der Waals surface area contributed by atoms with E-state index in [-0.39, 0.29) is 16.2 Å². The summed E-state index contributed by atoms with van der Waals surface area (Å²) < 4.78 is 53.5. The summed E-state index contributed by atoms with van der Waals surface area (Å²) in [5, 5.41) is 8.19. The number of carbonyl (C=O) groups excluding carboxylic acids is 1. The topological polar surface area (TPSA) is 53.2 Å². The molecule has 3 N–H and O–H groups in total. The van der Waals surface area contributed by atoms with Crippen LogP contribution < -0.4 is 16.0 Å². The van der Waals surface area contributed by atoms with Crippen LogP contribution in [-0.4, -0.2) is 11.0 Å². The van der Waals surface area contributed by atoms with Crippen LogP contribution in [0.3, 0.4) is 0 Å². The van der Waals surface area contributed by atoms with Gasteiger partial charge in [0.1, 0.15) is 5.82 Å². The highest BCUT2D eigenvalue weighted by molar-refractivity contribution is 7.80. The number of hydrogen-bond donors (Lipinski definition) is 3. The Morgan fingerprint density at radius 2 is 1.75 bits per heavy atom. The quantitative estimate of drug-likeness (QED) is 0.523. The van der Waals surface area contributed by atoms with Gasteiger partial charge in [-0.3, -0.25) is 4.79 Å². The van der Waals surface area contributed by atoms with Crippen LogP contribution >= 0.6 is 12.2 Å². The van der Waals surface area contributed by atoms with Crippen LogP contribution in [0.25, 0.3) is 0 Å². The molecular formula is C19H15F4N3OS. The van der Waals surface area contributed by atoms with Gasteiger partial charge in [0, 0.05) is 11.4 Å². The van der Waals surface area contributed by atoms with E-state index in [1.807, 2.05) is 0 Å². The average molecular weight is 409 g/mol. The lowest BCUT2D eigenvalue weighted by Gasteiger charge is -2.31. The van der Waals surface area contributed by atoms with E-state index >= 15 is 0 Å². The lowest BCUT2D eigenvalue weighted by atomic mass is 9.91. The zero-order valence-electron chi connectivity index (χ0n) is 14.5. The fraction of sp³-hybridized carbons (Fsp3) is 0.158. The van der Waals surface area contributed by atoms with Crippen molar-refractivity contribution in [3.63, 3.8) is 0 Å². The standard InChI is InChI=1S/C19H15F4N3OS/c1-10-15(17(27)25-12-8-6-11(20)7-9-12)16(26-18(28)24-10)13-4-2-3-5-14(13)19(21,22)23/h2-9,16H,1H3,(H,25,27)(H2,24,26,28)/t16-/m0/s1. The smallest absolute Gasteiger partial charge is 0.351 e. The largest absolute Gasteiger partial charge is 0.416 e. The van der Waals surface area contributed by atoms with Crippen molar-refractivity contribution < 1.29 is 22.4 Å². The Labute approximate surface area is 163 Å². The molecule has 0 unspecified atom stereocenters. The number of alkyl halides is 3. The molecule has 0 bridgehead atoms. The molecule has 3 rings (SSSR count). The predicted molar refractivity (Wildman–Crippen MR) is 101 cm³/mol. The third-order valence-corrected chi connectivity index (χ3v) is 4.41. The van der Waals surface area contributed by atoms with Crippen LogP contribution in [-0.2, 0) is 11.0 Å². The number of benzene rings is 2. The highest BCUT2D eigenvalue weighted by Gasteiger charge is 2.38. The number of halogens is 4. The van der Waals surface area contributed by atoms with Crippen LogP contribution in [0, 0.1) is 5.82 Å². The number of rotatable bonds is 3. The van der Waals surface area contributed by atoms with Gasteiger partial charge in [-0.25, -0.2) is 4.39 Å². The van der Waals surface area contributed by atoms with Crippen molar-refractivity contribution in [3.05, 3.63) is 76.7 Å². The number of thiocarbonyl (C=S) groups is 1. The summed E-state index contributed by atoms with van der Waals surface area (Å²) in [5.41, 5.74) is -0.304. The molecule has 146 valence electrons. The summed E-state index contributed by atoms with van der Waals surface area (Å²) in [6.45, 7) is 1.55. The number of carbonyl (C=O) groups is 1. The van der Waals surface area contributed by atoms with E-state index < -0.39 is 29.5 Å². The van der Waals surface area contributed by atoms with E-state index in [0.29, 0.717) is 11.4 Å². The van der Waals surface area contributed by atoms with Gasteiger partial charge < -0.3 is 16.0 Å².